The van der Waals surface area contributed by atoms with Crippen molar-refractivity contribution in [2.24, 2.45) is 0 Å². The van der Waals surface area contributed by atoms with Crippen molar-refractivity contribution in [3.63, 3.8) is 0 Å². The van der Waals surface area contributed by atoms with Crippen LogP contribution in [0.3, 0.4) is 0 Å². The average molecular weight is 372 g/mol. The molecule has 0 N–H and O–H groups in total. The number of rotatable bonds is 3. The molecule has 2 aromatic carbocycles. The first kappa shape index (κ1) is 16.5. The van der Waals surface area contributed by atoms with Gasteiger partial charge in [0, 0.05) is 58.9 Å². The first-order valence-electron chi connectivity index (χ1n) is 10.6. The lowest BCUT2D eigenvalue weighted by molar-refractivity contribution is 0.0986. The zero-order valence-electron chi connectivity index (χ0n) is 16.1. The molecule has 1 fully saturated rings. The Balaban J connectivity index is 1.62. The molecule has 0 spiro atoms. The standard InChI is InChI=1S/C24H24N2O2/c27-21-9-5-17-15(21)3-7-19-23(17)24-18-6-10-22(28)16(18)4-8-20(24)26(19)14-13-25-11-1-2-12-25/h3-4,7-8H,1-2,5-6,9-14H2. The fourth-order valence-corrected chi connectivity index (χ4v) is 5.69. The van der Waals surface area contributed by atoms with Crippen molar-refractivity contribution >= 4 is 33.4 Å². The number of ketones is 2. The Bertz CT molecular complexity index is 1080. The van der Waals surface area contributed by atoms with Crippen LogP contribution in [-0.4, -0.2) is 40.7 Å². The first-order chi connectivity index (χ1) is 13.7. The third-order valence-corrected chi connectivity index (χ3v) is 7.06. The maximum absolute atomic E-state index is 12.4. The fourth-order valence-electron chi connectivity index (χ4n) is 5.69. The van der Waals surface area contributed by atoms with E-state index in [1.165, 1.54) is 58.9 Å². The molecule has 1 saturated heterocycles. The number of carbonyl (C=O) groups excluding carboxylic acids is 2. The summed E-state index contributed by atoms with van der Waals surface area (Å²) in [6, 6.07) is 8.35. The molecule has 2 aliphatic carbocycles. The Kier molecular flexibility index (Phi) is 3.54. The number of Topliss-reactive ketones (excluding diaryl/α,β-unsaturated/α-hetero) is 2. The van der Waals surface area contributed by atoms with Crippen LogP contribution in [0.15, 0.2) is 24.3 Å². The molecule has 2 heterocycles. The smallest absolute Gasteiger partial charge is 0.163 e. The van der Waals surface area contributed by atoms with E-state index in [9.17, 15) is 9.59 Å². The van der Waals surface area contributed by atoms with Gasteiger partial charge in [0.05, 0.1) is 0 Å². The van der Waals surface area contributed by atoms with Gasteiger partial charge >= 0.3 is 0 Å². The Labute approximate surface area is 164 Å². The topological polar surface area (TPSA) is 42.3 Å². The number of hydrogen-bond donors (Lipinski definition) is 0. The fraction of sp³-hybridized carbons (Fsp3) is 0.417. The summed E-state index contributed by atoms with van der Waals surface area (Å²) in [4.78, 5) is 27.3. The Morgan fingerprint density at radius 2 is 1.21 bits per heavy atom. The van der Waals surface area contributed by atoms with Crippen LogP contribution in [0.1, 0.15) is 57.5 Å². The van der Waals surface area contributed by atoms with Gasteiger partial charge in [-0.2, -0.15) is 0 Å². The second kappa shape index (κ2) is 6.02. The summed E-state index contributed by atoms with van der Waals surface area (Å²) in [7, 11) is 0. The number of likely N-dealkylation sites (tertiary alicyclic amines) is 1. The molecule has 28 heavy (non-hydrogen) atoms. The molecular formula is C24H24N2O2. The van der Waals surface area contributed by atoms with E-state index in [1.54, 1.807) is 0 Å². The summed E-state index contributed by atoms with van der Waals surface area (Å²) in [6.45, 7) is 4.42. The summed E-state index contributed by atoms with van der Waals surface area (Å²) < 4.78 is 2.44. The van der Waals surface area contributed by atoms with Crippen LogP contribution in [0.2, 0.25) is 0 Å². The molecule has 3 aliphatic rings. The van der Waals surface area contributed by atoms with E-state index in [0.717, 1.165) is 37.1 Å². The largest absolute Gasteiger partial charge is 0.339 e. The lowest BCUT2D eigenvalue weighted by Crippen LogP contribution is -2.24. The Hall–Kier alpha value is -2.46. The Morgan fingerprint density at radius 3 is 1.75 bits per heavy atom. The normalized spacial score (nSPS) is 19.3. The van der Waals surface area contributed by atoms with Gasteiger partial charge < -0.3 is 9.47 Å². The third-order valence-electron chi connectivity index (χ3n) is 7.06. The summed E-state index contributed by atoms with van der Waals surface area (Å²) in [5.74, 6) is 0.525. The molecule has 142 valence electrons. The summed E-state index contributed by atoms with van der Waals surface area (Å²) in [5.41, 5.74) is 6.67. The van der Waals surface area contributed by atoms with Crippen molar-refractivity contribution in [3.8, 4) is 0 Å². The average Bonchev–Trinajstić information content (AvgIpc) is 3.46. The van der Waals surface area contributed by atoms with Gasteiger partial charge in [0.25, 0.3) is 0 Å². The van der Waals surface area contributed by atoms with Gasteiger partial charge in [-0.1, -0.05) is 0 Å². The van der Waals surface area contributed by atoms with Gasteiger partial charge in [0.15, 0.2) is 11.6 Å². The monoisotopic (exact) mass is 372 g/mol. The van der Waals surface area contributed by atoms with Gasteiger partial charge in [-0.15, -0.1) is 0 Å². The van der Waals surface area contributed by atoms with Crippen LogP contribution in [0.5, 0.6) is 0 Å². The second-order valence-electron chi connectivity index (χ2n) is 8.52. The molecule has 0 radical (unpaired) electrons. The van der Waals surface area contributed by atoms with E-state index in [4.69, 9.17) is 0 Å². The first-order valence-corrected chi connectivity index (χ1v) is 10.6. The molecule has 0 atom stereocenters. The highest BCUT2D eigenvalue weighted by atomic mass is 16.1. The van der Waals surface area contributed by atoms with Crippen molar-refractivity contribution in [2.45, 2.75) is 45.1 Å². The minimum absolute atomic E-state index is 0.263. The molecule has 3 aromatic rings. The van der Waals surface area contributed by atoms with E-state index in [0.29, 0.717) is 12.8 Å². The van der Waals surface area contributed by atoms with E-state index >= 15 is 0 Å². The number of carbonyl (C=O) groups is 2. The number of benzene rings is 2. The zero-order chi connectivity index (χ0) is 18.8. The van der Waals surface area contributed by atoms with Gasteiger partial charge in [0.1, 0.15) is 0 Å². The number of fused-ring (bicyclic) bond motifs is 7. The van der Waals surface area contributed by atoms with Crippen LogP contribution >= 0.6 is 0 Å². The number of nitrogens with zero attached hydrogens (tertiary/aromatic N) is 2. The van der Waals surface area contributed by atoms with Crippen molar-refractivity contribution in [1.82, 2.24) is 9.47 Å². The quantitative estimate of drug-likeness (QED) is 0.694. The summed E-state index contributed by atoms with van der Waals surface area (Å²) >= 11 is 0. The molecule has 0 saturated carbocycles. The molecule has 4 heteroatoms. The maximum Gasteiger partial charge on any atom is 0.163 e. The zero-order valence-corrected chi connectivity index (χ0v) is 16.1. The van der Waals surface area contributed by atoms with Crippen LogP contribution in [0.4, 0.5) is 0 Å². The molecule has 0 bridgehead atoms. The number of hydrogen-bond acceptors (Lipinski definition) is 3. The third kappa shape index (κ3) is 2.21. The van der Waals surface area contributed by atoms with Crippen molar-refractivity contribution in [3.05, 3.63) is 46.5 Å². The van der Waals surface area contributed by atoms with Crippen molar-refractivity contribution in [2.75, 3.05) is 19.6 Å². The van der Waals surface area contributed by atoms with Crippen molar-refractivity contribution < 1.29 is 9.59 Å². The van der Waals surface area contributed by atoms with E-state index < -0.39 is 0 Å². The molecule has 1 aromatic heterocycles. The van der Waals surface area contributed by atoms with E-state index in [-0.39, 0.29) is 11.6 Å². The van der Waals surface area contributed by atoms with E-state index in [2.05, 4.69) is 21.6 Å². The highest BCUT2D eigenvalue weighted by molar-refractivity contribution is 6.18. The van der Waals surface area contributed by atoms with Gasteiger partial charge in [-0.05, 0) is 74.2 Å². The van der Waals surface area contributed by atoms with Crippen LogP contribution in [0, 0.1) is 0 Å². The highest BCUT2D eigenvalue weighted by Gasteiger charge is 2.29. The van der Waals surface area contributed by atoms with Gasteiger partial charge in [0.2, 0.25) is 0 Å². The maximum atomic E-state index is 12.4. The predicted octanol–water partition coefficient (Wildman–Crippen LogP) is 4.15. The lowest BCUT2D eigenvalue weighted by atomic mass is 9.98. The molecule has 0 amide bonds. The van der Waals surface area contributed by atoms with Gasteiger partial charge in [-0.3, -0.25) is 9.59 Å². The SMILES string of the molecule is O=C1CCc2c1ccc1c2c2c3c(ccc2n1CCN1CCCC1)C(=O)CC3. The molecule has 4 nitrogen and oxygen atoms in total. The minimum atomic E-state index is 0.263. The lowest BCUT2D eigenvalue weighted by Gasteiger charge is -2.16. The summed E-state index contributed by atoms with van der Waals surface area (Å²) in [5, 5.41) is 2.48. The predicted molar refractivity (Wildman–Crippen MR) is 110 cm³/mol. The molecule has 0 unspecified atom stereocenters. The van der Waals surface area contributed by atoms with E-state index in [1.807, 2.05) is 12.1 Å². The molecule has 6 rings (SSSR count). The van der Waals surface area contributed by atoms with Crippen LogP contribution < -0.4 is 0 Å². The number of aryl methyl sites for hydroxylation is 2. The number of aromatic nitrogens is 1. The van der Waals surface area contributed by atoms with Crippen LogP contribution in [-0.2, 0) is 19.4 Å². The van der Waals surface area contributed by atoms with Gasteiger partial charge in [-0.25, -0.2) is 0 Å². The molecule has 1 aliphatic heterocycles. The second-order valence-corrected chi connectivity index (χ2v) is 8.52. The minimum Gasteiger partial charge on any atom is -0.339 e. The van der Waals surface area contributed by atoms with Crippen LogP contribution in [0.25, 0.3) is 21.8 Å². The molecular weight excluding hydrogens is 348 g/mol. The Morgan fingerprint density at radius 1 is 0.679 bits per heavy atom. The van der Waals surface area contributed by atoms with Crippen molar-refractivity contribution in [1.29, 1.82) is 0 Å². The highest BCUT2D eigenvalue weighted by Crippen LogP contribution is 2.41. The summed E-state index contributed by atoms with van der Waals surface area (Å²) in [6.07, 6.45) is 5.49.